The molecule has 2 aromatic carbocycles. The van der Waals surface area contributed by atoms with Gasteiger partial charge in [-0.2, -0.15) is 0 Å². The van der Waals surface area contributed by atoms with E-state index >= 15 is 0 Å². The Hall–Kier alpha value is -3.26. The maximum atomic E-state index is 14.4. The van der Waals surface area contributed by atoms with Crippen molar-refractivity contribution in [3.8, 4) is 17.0 Å². The van der Waals surface area contributed by atoms with Crippen LogP contribution < -0.4 is 15.4 Å². The molecule has 1 aromatic heterocycles. The Morgan fingerprint density at radius 1 is 1.27 bits per heavy atom. The molecular weight excluding hydrogens is 441 g/mol. The number of hydrogen-bond donors (Lipinski definition) is 2. The first-order valence-electron chi connectivity index (χ1n) is 10.9. The number of halogens is 1. The highest BCUT2D eigenvalue weighted by Gasteiger charge is 2.38. The van der Waals surface area contributed by atoms with Crippen molar-refractivity contribution in [1.29, 1.82) is 0 Å². The number of benzene rings is 2. The van der Waals surface area contributed by atoms with Crippen molar-refractivity contribution >= 4 is 23.2 Å². The first-order valence-corrected chi connectivity index (χ1v) is 11.7. The average Bonchev–Trinajstić information content (AvgIpc) is 3.45. The maximum Gasteiger partial charge on any atom is 0.220 e. The van der Waals surface area contributed by atoms with E-state index in [-0.39, 0.29) is 24.1 Å². The van der Waals surface area contributed by atoms with Crippen molar-refractivity contribution in [1.82, 2.24) is 15.6 Å². The van der Waals surface area contributed by atoms with Crippen LogP contribution in [0.3, 0.4) is 0 Å². The number of thiazole rings is 1. The number of hydrogen-bond acceptors (Lipinski definition) is 5. The van der Waals surface area contributed by atoms with Crippen LogP contribution in [-0.2, 0) is 22.6 Å². The van der Waals surface area contributed by atoms with Crippen molar-refractivity contribution in [2.45, 2.75) is 44.2 Å². The summed E-state index contributed by atoms with van der Waals surface area (Å²) < 4.78 is 19.6. The van der Waals surface area contributed by atoms with Crippen LogP contribution in [-0.4, -0.2) is 29.4 Å². The third kappa shape index (κ3) is 5.76. The summed E-state index contributed by atoms with van der Waals surface area (Å²) in [7, 11) is 1.53. The molecule has 0 bridgehead atoms. The van der Waals surface area contributed by atoms with Gasteiger partial charge in [-0.25, -0.2) is 9.37 Å². The molecule has 33 heavy (non-hydrogen) atoms. The Bertz CT molecular complexity index is 1130. The molecular formula is C25H26FN3O3S. The fourth-order valence-electron chi connectivity index (χ4n) is 4.11. The van der Waals surface area contributed by atoms with E-state index in [1.807, 2.05) is 35.7 Å². The van der Waals surface area contributed by atoms with Crippen molar-refractivity contribution < 1.29 is 18.7 Å². The number of rotatable bonds is 9. The van der Waals surface area contributed by atoms with Crippen LogP contribution in [0.5, 0.6) is 5.75 Å². The van der Waals surface area contributed by atoms with Gasteiger partial charge in [0.25, 0.3) is 0 Å². The molecule has 8 heteroatoms. The van der Waals surface area contributed by atoms with Gasteiger partial charge in [0.1, 0.15) is 16.6 Å². The van der Waals surface area contributed by atoms with E-state index in [0.29, 0.717) is 43.5 Å². The van der Waals surface area contributed by atoms with Gasteiger partial charge in [0.05, 0.1) is 19.3 Å². The molecule has 172 valence electrons. The summed E-state index contributed by atoms with van der Waals surface area (Å²) in [6.07, 6.45) is 1.89. The zero-order valence-corrected chi connectivity index (χ0v) is 19.2. The number of carbonyl (C=O) groups excluding carboxylic acids is 2. The van der Waals surface area contributed by atoms with Gasteiger partial charge in [0.15, 0.2) is 0 Å². The average molecular weight is 468 g/mol. The number of nitrogens with zero attached hydrogens (tertiary/aromatic N) is 1. The SMILES string of the molecule is COc1ccc(F)c(CC2(CCC(=O)NCc3nc(-c4ccccc4)cs3)CCC(=O)N2)c1. The highest BCUT2D eigenvalue weighted by Crippen LogP contribution is 2.31. The lowest BCUT2D eigenvalue weighted by Gasteiger charge is -2.29. The summed E-state index contributed by atoms with van der Waals surface area (Å²) in [5, 5.41) is 8.70. The van der Waals surface area contributed by atoms with Gasteiger partial charge >= 0.3 is 0 Å². The molecule has 2 heterocycles. The van der Waals surface area contributed by atoms with Crippen LogP contribution in [0.25, 0.3) is 11.3 Å². The molecule has 3 aromatic rings. The van der Waals surface area contributed by atoms with E-state index in [2.05, 4.69) is 15.6 Å². The second kappa shape index (κ2) is 10.1. The first-order chi connectivity index (χ1) is 16.0. The van der Waals surface area contributed by atoms with Crippen LogP contribution >= 0.6 is 11.3 Å². The summed E-state index contributed by atoms with van der Waals surface area (Å²) in [5.74, 6) is 0.00809. The third-order valence-corrected chi connectivity index (χ3v) is 6.75. The molecule has 1 unspecified atom stereocenters. The molecule has 6 nitrogen and oxygen atoms in total. The Balaban J connectivity index is 1.35. The van der Waals surface area contributed by atoms with Crippen LogP contribution in [0.2, 0.25) is 0 Å². The normalized spacial score (nSPS) is 17.6. The highest BCUT2D eigenvalue weighted by molar-refractivity contribution is 7.09. The Kier molecular flexibility index (Phi) is 7.03. The quantitative estimate of drug-likeness (QED) is 0.493. The fraction of sp³-hybridized carbons (Fsp3) is 0.320. The number of methoxy groups -OCH3 is 1. The second-order valence-electron chi connectivity index (χ2n) is 8.23. The zero-order valence-electron chi connectivity index (χ0n) is 18.4. The van der Waals surface area contributed by atoms with E-state index in [1.165, 1.54) is 24.5 Å². The number of aromatic nitrogens is 1. The molecule has 0 aliphatic carbocycles. The molecule has 2 amide bonds. The summed E-state index contributed by atoms with van der Waals surface area (Å²) in [4.78, 5) is 29.1. The van der Waals surface area contributed by atoms with Crippen molar-refractivity contribution in [3.05, 3.63) is 70.3 Å². The molecule has 0 spiro atoms. The zero-order chi connectivity index (χ0) is 23.3. The number of ether oxygens (including phenoxy) is 1. The molecule has 1 fully saturated rings. The molecule has 4 rings (SSSR count). The van der Waals surface area contributed by atoms with Gasteiger partial charge in [0.2, 0.25) is 11.8 Å². The molecule has 1 aliphatic heterocycles. The topological polar surface area (TPSA) is 80.3 Å². The van der Waals surface area contributed by atoms with Crippen molar-refractivity contribution in [2.24, 2.45) is 0 Å². The molecule has 0 radical (unpaired) electrons. The first kappa shape index (κ1) is 22.9. The van der Waals surface area contributed by atoms with E-state index in [9.17, 15) is 14.0 Å². The second-order valence-corrected chi connectivity index (χ2v) is 9.17. The molecule has 1 saturated heterocycles. The minimum atomic E-state index is -0.650. The number of amides is 2. The lowest BCUT2D eigenvalue weighted by atomic mass is 9.84. The Labute approximate surface area is 196 Å². The van der Waals surface area contributed by atoms with E-state index in [4.69, 9.17) is 4.74 Å². The summed E-state index contributed by atoms with van der Waals surface area (Å²) >= 11 is 1.50. The van der Waals surface area contributed by atoms with Crippen LogP contribution in [0.4, 0.5) is 4.39 Å². The van der Waals surface area contributed by atoms with E-state index in [1.54, 1.807) is 12.1 Å². The highest BCUT2D eigenvalue weighted by atomic mass is 32.1. The van der Waals surface area contributed by atoms with Crippen molar-refractivity contribution in [3.63, 3.8) is 0 Å². The predicted molar refractivity (Wildman–Crippen MR) is 125 cm³/mol. The summed E-state index contributed by atoms with van der Waals surface area (Å²) in [6.45, 7) is 0.347. The lowest BCUT2D eigenvalue weighted by Crippen LogP contribution is -2.44. The summed E-state index contributed by atoms with van der Waals surface area (Å²) in [6, 6.07) is 14.5. The molecule has 0 saturated carbocycles. The van der Waals surface area contributed by atoms with Gasteiger partial charge in [-0.15, -0.1) is 11.3 Å². The summed E-state index contributed by atoms with van der Waals surface area (Å²) in [5.41, 5.74) is 1.74. The minimum absolute atomic E-state index is 0.0741. The van der Waals surface area contributed by atoms with Gasteiger partial charge < -0.3 is 15.4 Å². The standard InChI is InChI=1S/C25H26FN3O3S/c1-32-19-7-8-20(26)18(13-19)14-25(12-10-23(31)29-25)11-9-22(30)27-15-24-28-21(16-33-24)17-5-3-2-4-6-17/h2-8,13,16H,9-12,14-15H2,1H3,(H,27,30)(H,29,31). The smallest absolute Gasteiger partial charge is 0.220 e. The lowest BCUT2D eigenvalue weighted by molar-refractivity contribution is -0.122. The maximum absolute atomic E-state index is 14.4. The Morgan fingerprint density at radius 3 is 2.82 bits per heavy atom. The molecule has 1 aliphatic rings. The molecule has 1 atom stereocenters. The third-order valence-electron chi connectivity index (χ3n) is 5.91. The van der Waals surface area contributed by atoms with Gasteiger partial charge in [-0.05, 0) is 43.0 Å². The predicted octanol–water partition coefficient (Wildman–Crippen LogP) is 4.25. The Morgan fingerprint density at radius 2 is 2.09 bits per heavy atom. The van der Waals surface area contributed by atoms with Crippen LogP contribution in [0.1, 0.15) is 36.3 Å². The monoisotopic (exact) mass is 467 g/mol. The van der Waals surface area contributed by atoms with Gasteiger partial charge in [0, 0.05) is 29.3 Å². The number of carbonyl (C=O) groups is 2. The fourth-order valence-corrected chi connectivity index (χ4v) is 4.85. The van der Waals surface area contributed by atoms with Crippen LogP contribution in [0, 0.1) is 5.82 Å². The van der Waals surface area contributed by atoms with Crippen LogP contribution in [0.15, 0.2) is 53.9 Å². The van der Waals surface area contributed by atoms with Crippen molar-refractivity contribution in [2.75, 3.05) is 7.11 Å². The van der Waals surface area contributed by atoms with E-state index < -0.39 is 5.54 Å². The van der Waals surface area contributed by atoms with E-state index in [0.717, 1.165) is 16.3 Å². The molecule has 2 N–H and O–H groups in total. The largest absolute Gasteiger partial charge is 0.497 e. The van der Waals surface area contributed by atoms with Gasteiger partial charge in [-0.1, -0.05) is 30.3 Å². The van der Waals surface area contributed by atoms with Gasteiger partial charge in [-0.3, -0.25) is 9.59 Å². The minimum Gasteiger partial charge on any atom is -0.497 e. The number of nitrogens with one attached hydrogen (secondary N) is 2.